The third-order valence-corrected chi connectivity index (χ3v) is 2.38. The number of urea groups is 1. The number of pyridine rings is 1. The van der Waals surface area contributed by atoms with Crippen LogP contribution >= 0.6 is 0 Å². The van der Waals surface area contributed by atoms with Gasteiger partial charge in [0.2, 0.25) is 5.91 Å². The molecule has 20 heavy (non-hydrogen) atoms. The van der Waals surface area contributed by atoms with Gasteiger partial charge in [-0.25, -0.2) is 4.79 Å². The Labute approximate surface area is 115 Å². The topological polar surface area (TPSA) is 120 Å². The second-order valence-electron chi connectivity index (χ2n) is 4.01. The van der Waals surface area contributed by atoms with Gasteiger partial charge in [-0.3, -0.25) is 14.6 Å². The molecule has 1 rings (SSSR count). The number of aliphatic carboxylic acids is 1. The molecule has 0 spiro atoms. The van der Waals surface area contributed by atoms with E-state index in [1.807, 2.05) is 6.07 Å². The first-order valence-corrected chi connectivity index (χ1v) is 5.92. The van der Waals surface area contributed by atoms with Gasteiger partial charge in [0, 0.05) is 12.4 Å². The number of amides is 3. The molecular formula is C12H16N4O4. The standard InChI is InChI=1S/C12H16N4O4/c1-8(9-3-2-4-13-5-9)16-12(20)15-6-10(17)14-7-11(18)19/h2-5,8H,6-7H2,1H3,(H,14,17)(H,18,19)(H2,15,16,20). The maximum absolute atomic E-state index is 11.5. The highest BCUT2D eigenvalue weighted by atomic mass is 16.4. The number of carbonyl (C=O) groups excluding carboxylic acids is 2. The van der Waals surface area contributed by atoms with Crippen molar-refractivity contribution in [2.45, 2.75) is 13.0 Å². The molecule has 0 radical (unpaired) electrons. The fraction of sp³-hybridized carbons (Fsp3) is 0.333. The van der Waals surface area contributed by atoms with Crippen LogP contribution in [0.15, 0.2) is 24.5 Å². The Morgan fingerprint density at radius 1 is 1.30 bits per heavy atom. The fourth-order valence-corrected chi connectivity index (χ4v) is 1.36. The Kier molecular flexibility index (Phi) is 5.95. The van der Waals surface area contributed by atoms with Crippen molar-refractivity contribution in [3.05, 3.63) is 30.1 Å². The Morgan fingerprint density at radius 3 is 2.65 bits per heavy atom. The summed E-state index contributed by atoms with van der Waals surface area (Å²) in [6, 6.07) is 2.79. The first-order chi connectivity index (χ1) is 9.49. The van der Waals surface area contributed by atoms with Crippen molar-refractivity contribution < 1.29 is 19.5 Å². The van der Waals surface area contributed by atoms with Crippen molar-refractivity contribution in [3.8, 4) is 0 Å². The van der Waals surface area contributed by atoms with Crippen LogP contribution in [0.1, 0.15) is 18.5 Å². The lowest BCUT2D eigenvalue weighted by molar-refractivity contribution is -0.137. The van der Waals surface area contributed by atoms with Crippen LogP contribution in [0.25, 0.3) is 0 Å². The van der Waals surface area contributed by atoms with Gasteiger partial charge in [-0.1, -0.05) is 6.07 Å². The Balaban J connectivity index is 2.30. The number of nitrogens with zero attached hydrogens (tertiary/aromatic N) is 1. The molecule has 1 heterocycles. The van der Waals surface area contributed by atoms with Crippen LogP contribution in [0.3, 0.4) is 0 Å². The summed E-state index contributed by atoms with van der Waals surface area (Å²) in [4.78, 5) is 36.9. The van der Waals surface area contributed by atoms with Crippen molar-refractivity contribution in [3.63, 3.8) is 0 Å². The van der Waals surface area contributed by atoms with Crippen LogP contribution in [-0.2, 0) is 9.59 Å². The van der Waals surface area contributed by atoms with E-state index in [-0.39, 0.29) is 12.6 Å². The van der Waals surface area contributed by atoms with Crippen molar-refractivity contribution >= 4 is 17.9 Å². The van der Waals surface area contributed by atoms with Crippen LogP contribution in [-0.4, -0.2) is 41.1 Å². The van der Waals surface area contributed by atoms with E-state index >= 15 is 0 Å². The maximum atomic E-state index is 11.5. The summed E-state index contributed by atoms with van der Waals surface area (Å²) >= 11 is 0. The molecule has 0 aliphatic carbocycles. The number of hydrogen-bond acceptors (Lipinski definition) is 4. The maximum Gasteiger partial charge on any atom is 0.322 e. The zero-order valence-electron chi connectivity index (χ0n) is 10.9. The molecule has 0 aliphatic heterocycles. The number of carboxylic acids is 1. The van der Waals surface area contributed by atoms with Gasteiger partial charge in [-0.05, 0) is 18.6 Å². The fourth-order valence-electron chi connectivity index (χ4n) is 1.36. The molecule has 4 N–H and O–H groups in total. The van der Waals surface area contributed by atoms with Crippen molar-refractivity contribution in [2.24, 2.45) is 0 Å². The zero-order valence-corrected chi connectivity index (χ0v) is 10.9. The predicted molar refractivity (Wildman–Crippen MR) is 69.8 cm³/mol. The summed E-state index contributed by atoms with van der Waals surface area (Å²) in [5.74, 6) is -1.72. The molecule has 1 aromatic heterocycles. The van der Waals surface area contributed by atoms with E-state index in [1.54, 1.807) is 25.4 Å². The molecule has 1 aromatic rings. The molecule has 0 saturated carbocycles. The highest BCUT2D eigenvalue weighted by Crippen LogP contribution is 2.08. The lowest BCUT2D eigenvalue weighted by atomic mass is 10.1. The minimum atomic E-state index is -1.15. The zero-order chi connectivity index (χ0) is 15.0. The van der Waals surface area contributed by atoms with Crippen LogP contribution < -0.4 is 16.0 Å². The number of nitrogens with one attached hydrogen (secondary N) is 3. The third-order valence-electron chi connectivity index (χ3n) is 2.38. The number of rotatable bonds is 6. The van der Waals surface area contributed by atoms with E-state index in [9.17, 15) is 14.4 Å². The summed E-state index contributed by atoms with van der Waals surface area (Å²) in [7, 11) is 0. The first-order valence-electron chi connectivity index (χ1n) is 5.92. The van der Waals surface area contributed by atoms with E-state index in [4.69, 9.17) is 5.11 Å². The second-order valence-corrected chi connectivity index (χ2v) is 4.01. The molecule has 0 saturated heterocycles. The summed E-state index contributed by atoms with van der Waals surface area (Å²) in [6.45, 7) is 1.01. The number of aromatic nitrogens is 1. The van der Waals surface area contributed by atoms with Crippen molar-refractivity contribution in [2.75, 3.05) is 13.1 Å². The second kappa shape index (κ2) is 7.72. The number of hydrogen-bond donors (Lipinski definition) is 4. The molecule has 8 nitrogen and oxygen atoms in total. The molecule has 8 heteroatoms. The Hall–Kier alpha value is -2.64. The molecule has 1 atom stereocenters. The Morgan fingerprint density at radius 2 is 2.05 bits per heavy atom. The van der Waals surface area contributed by atoms with Gasteiger partial charge in [0.05, 0.1) is 12.6 Å². The molecule has 0 aromatic carbocycles. The average Bonchev–Trinajstić information content (AvgIpc) is 2.43. The van der Waals surface area contributed by atoms with Gasteiger partial charge >= 0.3 is 12.0 Å². The highest BCUT2D eigenvalue weighted by molar-refractivity contribution is 5.86. The third kappa shape index (κ3) is 5.80. The van der Waals surface area contributed by atoms with Gasteiger partial charge in [0.15, 0.2) is 0 Å². The number of carboxylic acid groups (broad SMARTS) is 1. The molecule has 0 bridgehead atoms. The number of carbonyl (C=O) groups is 3. The average molecular weight is 280 g/mol. The Bertz CT molecular complexity index is 478. The molecular weight excluding hydrogens is 264 g/mol. The predicted octanol–water partition coefficient (Wildman–Crippen LogP) is -0.357. The van der Waals surface area contributed by atoms with Crippen molar-refractivity contribution in [1.82, 2.24) is 20.9 Å². The van der Waals surface area contributed by atoms with Crippen molar-refractivity contribution in [1.29, 1.82) is 0 Å². The molecule has 108 valence electrons. The minimum absolute atomic E-state index is 0.259. The van der Waals surface area contributed by atoms with Gasteiger partial charge in [0.25, 0.3) is 0 Å². The molecule has 0 aliphatic rings. The van der Waals surface area contributed by atoms with E-state index in [2.05, 4.69) is 20.9 Å². The minimum Gasteiger partial charge on any atom is -0.480 e. The van der Waals surface area contributed by atoms with E-state index in [0.29, 0.717) is 0 Å². The van der Waals surface area contributed by atoms with E-state index < -0.39 is 24.5 Å². The lowest BCUT2D eigenvalue weighted by Crippen LogP contribution is -2.43. The van der Waals surface area contributed by atoms with Crippen LogP contribution in [0, 0.1) is 0 Å². The summed E-state index contributed by atoms with van der Waals surface area (Å²) in [5, 5.41) is 15.5. The lowest BCUT2D eigenvalue weighted by Gasteiger charge is -2.14. The van der Waals surface area contributed by atoms with Gasteiger partial charge in [-0.2, -0.15) is 0 Å². The van der Waals surface area contributed by atoms with Crippen LogP contribution in [0.4, 0.5) is 4.79 Å². The quantitative estimate of drug-likeness (QED) is 0.567. The smallest absolute Gasteiger partial charge is 0.322 e. The first kappa shape index (κ1) is 15.4. The molecule has 0 fully saturated rings. The summed E-state index contributed by atoms with van der Waals surface area (Å²) < 4.78 is 0. The normalized spacial score (nSPS) is 11.2. The van der Waals surface area contributed by atoms with Gasteiger partial charge in [0.1, 0.15) is 6.54 Å². The largest absolute Gasteiger partial charge is 0.480 e. The van der Waals surface area contributed by atoms with Gasteiger partial charge < -0.3 is 21.1 Å². The SMILES string of the molecule is CC(NC(=O)NCC(=O)NCC(=O)O)c1cccnc1. The van der Waals surface area contributed by atoms with Gasteiger partial charge in [-0.15, -0.1) is 0 Å². The van der Waals surface area contributed by atoms with E-state index in [0.717, 1.165) is 5.56 Å². The summed E-state index contributed by atoms with van der Waals surface area (Å²) in [5.41, 5.74) is 0.831. The monoisotopic (exact) mass is 280 g/mol. The van der Waals surface area contributed by atoms with Crippen LogP contribution in [0.5, 0.6) is 0 Å². The highest BCUT2D eigenvalue weighted by Gasteiger charge is 2.10. The van der Waals surface area contributed by atoms with E-state index in [1.165, 1.54) is 0 Å². The molecule has 3 amide bonds. The molecule has 1 unspecified atom stereocenters. The van der Waals surface area contributed by atoms with Crippen LogP contribution in [0.2, 0.25) is 0 Å². The summed E-state index contributed by atoms with van der Waals surface area (Å²) in [6.07, 6.45) is 3.26.